The number of carbonyl (C=O) groups is 3. The molecule has 1 saturated heterocycles. The average Bonchev–Trinajstić information content (AvgIpc) is 3.73. The molecule has 3 aromatic carbocycles. The van der Waals surface area contributed by atoms with Crippen LogP contribution in [0.2, 0.25) is 5.02 Å². The highest BCUT2D eigenvalue weighted by molar-refractivity contribution is 8.18. The van der Waals surface area contributed by atoms with Crippen LogP contribution in [0.15, 0.2) is 96.5 Å². The van der Waals surface area contributed by atoms with E-state index in [1.807, 2.05) is 25.1 Å². The van der Waals surface area contributed by atoms with E-state index in [9.17, 15) is 14.4 Å². The second kappa shape index (κ2) is 10.6. The molecule has 0 aliphatic carbocycles. The summed E-state index contributed by atoms with van der Waals surface area (Å²) in [4.78, 5) is 49.1. The minimum Gasteiger partial charge on any atom is -0.450 e. The Labute approximate surface area is 256 Å². The summed E-state index contributed by atoms with van der Waals surface area (Å²) < 4.78 is 7.52. The van der Waals surface area contributed by atoms with Gasteiger partial charge in [-0.05, 0) is 90.6 Å². The Bertz CT molecular complexity index is 1990. The number of hydrogen-bond donors (Lipinski definition) is 1. The van der Waals surface area contributed by atoms with Crippen molar-refractivity contribution in [1.29, 1.82) is 0 Å². The maximum Gasteiger partial charge on any atom is 0.266 e. The van der Waals surface area contributed by atoms with Crippen molar-refractivity contribution in [2.45, 2.75) is 16.4 Å². The van der Waals surface area contributed by atoms with Gasteiger partial charge in [0.15, 0.2) is 14.6 Å². The number of amidine groups is 1. The molecule has 0 bridgehead atoms. The first-order chi connectivity index (χ1) is 20.3. The van der Waals surface area contributed by atoms with Crippen LogP contribution in [0.1, 0.15) is 32.0 Å². The second-order valence-corrected chi connectivity index (χ2v) is 13.0. The summed E-state index contributed by atoms with van der Waals surface area (Å²) in [6, 6.07) is 21.2. The fourth-order valence-corrected chi connectivity index (χ4v) is 7.43. The number of aryl methyl sites for hydroxylation is 1. The molecule has 2 aliphatic heterocycles. The average molecular weight is 629 g/mol. The Morgan fingerprint density at radius 3 is 2.55 bits per heavy atom. The summed E-state index contributed by atoms with van der Waals surface area (Å²) in [5, 5.41) is 4.44. The highest BCUT2D eigenvalue weighted by atomic mass is 35.5. The van der Waals surface area contributed by atoms with Crippen molar-refractivity contribution in [1.82, 2.24) is 10.3 Å². The predicted octanol–water partition coefficient (Wildman–Crippen LogP) is 7.69. The topological polar surface area (TPSA) is 105 Å². The van der Waals surface area contributed by atoms with E-state index in [1.54, 1.807) is 60.7 Å². The van der Waals surface area contributed by atoms with E-state index in [0.29, 0.717) is 48.4 Å². The molecule has 1 fully saturated rings. The number of amides is 3. The molecule has 206 valence electrons. The highest BCUT2D eigenvalue weighted by Crippen LogP contribution is 2.38. The van der Waals surface area contributed by atoms with Crippen molar-refractivity contribution in [3.8, 4) is 0 Å². The molecular weight excluding hydrogens is 612 g/mol. The minimum absolute atomic E-state index is 0.261. The molecule has 3 amide bonds. The quantitative estimate of drug-likeness (QED) is 0.157. The number of furan rings is 1. The van der Waals surface area contributed by atoms with Gasteiger partial charge in [0.2, 0.25) is 0 Å². The Morgan fingerprint density at radius 2 is 1.79 bits per heavy atom. The molecule has 0 radical (unpaired) electrons. The Morgan fingerprint density at radius 1 is 1.00 bits per heavy atom. The van der Waals surface area contributed by atoms with Crippen molar-refractivity contribution in [2.75, 3.05) is 4.90 Å². The smallest absolute Gasteiger partial charge is 0.266 e. The monoisotopic (exact) mass is 628 g/mol. The number of aliphatic imine (C=N–C) groups is 1. The van der Waals surface area contributed by atoms with E-state index in [0.717, 1.165) is 20.1 Å². The molecule has 2 aliphatic rings. The van der Waals surface area contributed by atoms with Crippen molar-refractivity contribution < 1.29 is 18.8 Å². The summed E-state index contributed by atoms with van der Waals surface area (Å²) in [5.74, 6) is -0.414. The lowest BCUT2D eigenvalue weighted by atomic mass is 10.1. The lowest BCUT2D eigenvalue weighted by Crippen LogP contribution is -2.29. The number of nitrogens with one attached hydrogen (secondary N) is 1. The van der Waals surface area contributed by atoms with Gasteiger partial charge in [0.1, 0.15) is 5.76 Å². The number of thiazole rings is 1. The maximum absolute atomic E-state index is 12.9. The molecule has 12 heteroatoms. The number of nitrogens with zero attached hydrogens (tertiary/aromatic N) is 3. The number of aromatic nitrogens is 1. The summed E-state index contributed by atoms with van der Waals surface area (Å²) in [5.41, 5.74) is 3.66. The van der Waals surface area contributed by atoms with Crippen molar-refractivity contribution >= 4 is 97.0 Å². The molecule has 2 aromatic heterocycles. The van der Waals surface area contributed by atoms with Gasteiger partial charge < -0.3 is 9.73 Å². The number of rotatable bonds is 5. The Balaban J connectivity index is 1.07. The molecule has 4 heterocycles. The molecule has 8 nitrogen and oxygen atoms in total. The Hall–Kier alpha value is -4.16. The molecular formula is C30H17ClN4O4S3. The summed E-state index contributed by atoms with van der Waals surface area (Å²) >= 11 is 10.2. The molecule has 0 atom stereocenters. The normalized spacial score (nSPS) is 16.7. The first-order valence-electron chi connectivity index (χ1n) is 12.5. The van der Waals surface area contributed by atoms with E-state index in [2.05, 4.69) is 15.3 Å². The van der Waals surface area contributed by atoms with Gasteiger partial charge in [-0.2, -0.15) is 0 Å². The van der Waals surface area contributed by atoms with Crippen LogP contribution in [0.25, 0.3) is 16.3 Å². The van der Waals surface area contributed by atoms with Crippen LogP contribution >= 0.6 is 46.5 Å². The molecule has 0 unspecified atom stereocenters. The first kappa shape index (κ1) is 26.7. The van der Waals surface area contributed by atoms with Gasteiger partial charge in [0, 0.05) is 11.1 Å². The predicted molar refractivity (Wildman–Crippen MR) is 167 cm³/mol. The summed E-state index contributed by atoms with van der Waals surface area (Å²) in [7, 11) is 0. The van der Waals surface area contributed by atoms with E-state index in [-0.39, 0.29) is 17.7 Å². The van der Waals surface area contributed by atoms with E-state index >= 15 is 0 Å². The van der Waals surface area contributed by atoms with Gasteiger partial charge >= 0.3 is 0 Å². The second-order valence-electron chi connectivity index (χ2n) is 9.30. The van der Waals surface area contributed by atoms with Gasteiger partial charge in [-0.3, -0.25) is 14.4 Å². The van der Waals surface area contributed by atoms with E-state index < -0.39 is 0 Å². The lowest BCUT2D eigenvalue weighted by Gasteiger charge is -2.13. The van der Waals surface area contributed by atoms with Crippen LogP contribution in [-0.2, 0) is 4.79 Å². The zero-order valence-electron chi connectivity index (χ0n) is 21.6. The third-order valence-corrected chi connectivity index (χ3v) is 9.82. The summed E-state index contributed by atoms with van der Waals surface area (Å²) in [6.07, 6.45) is 1.67. The van der Waals surface area contributed by atoms with E-state index in [4.69, 9.17) is 16.0 Å². The zero-order valence-corrected chi connectivity index (χ0v) is 24.8. The summed E-state index contributed by atoms with van der Waals surface area (Å²) in [6.45, 7) is 1.91. The number of thioether (sulfide) groups is 1. The van der Waals surface area contributed by atoms with Gasteiger partial charge in [-0.25, -0.2) is 14.9 Å². The van der Waals surface area contributed by atoms with Crippen LogP contribution in [0.3, 0.4) is 0 Å². The fourth-order valence-electron chi connectivity index (χ4n) is 4.43. The maximum atomic E-state index is 12.9. The fraction of sp³-hybridized carbons (Fsp3) is 0.0333. The van der Waals surface area contributed by atoms with Crippen molar-refractivity contribution in [3.05, 3.63) is 105 Å². The molecule has 0 spiro atoms. The van der Waals surface area contributed by atoms with Crippen molar-refractivity contribution in [3.63, 3.8) is 0 Å². The number of fused-ring (bicyclic) bond motifs is 2. The van der Waals surface area contributed by atoms with Crippen molar-refractivity contribution in [2.24, 2.45) is 4.99 Å². The highest BCUT2D eigenvalue weighted by Gasteiger charge is 2.36. The lowest BCUT2D eigenvalue weighted by molar-refractivity contribution is -0.115. The largest absolute Gasteiger partial charge is 0.450 e. The molecule has 42 heavy (non-hydrogen) atoms. The number of carbonyl (C=O) groups excluding carboxylic acids is 3. The molecule has 1 N–H and O–H groups in total. The number of benzene rings is 3. The van der Waals surface area contributed by atoms with Crippen LogP contribution < -0.4 is 10.2 Å². The molecule has 0 saturated carbocycles. The number of halogens is 1. The Kier molecular flexibility index (Phi) is 6.74. The van der Waals surface area contributed by atoms with E-state index in [1.165, 1.54) is 39.8 Å². The van der Waals surface area contributed by atoms with Gasteiger partial charge in [-0.15, -0.1) is 11.3 Å². The molecule has 5 aromatic rings. The number of imide groups is 1. The molecule has 7 rings (SSSR count). The van der Waals surface area contributed by atoms with Crippen LogP contribution in [0, 0.1) is 6.92 Å². The van der Waals surface area contributed by atoms with Crippen LogP contribution in [0.4, 0.5) is 11.4 Å². The SMILES string of the molecule is Cc1ccc(N=C2NC(=O)/C(=C/c3ccc(Sc4nc5ccc(N6C(=O)c7ccccc7C6=O)cc5s4)o3)S2)cc1Cl. The van der Waals surface area contributed by atoms with Gasteiger partial charge in [0.25, 0.3) is 17.7 Å². The third-order valence-electron chi connectivity index (χ3n) is 6.50. The van der Waals surface area contributed by atoms with Gasteiger partial charge in [-0.1, -0.05) is 29.8 Å². The minimum atomic E-state index is -0.335. The van der Waals surface area contributed by atoms with Gasteiger partial charge in [0.05, 0.1) is 37.6 Å². The zero-order chi connectivity index (χ0) is 29.0. The third kappa shape index (κ3) is 4.94. The number of anilines is 1. The first-order valence-corrected chi connectivity index (χ1v) is 15.4. The van der Waals surface area contributed by atoms with Crippen LogP contribution in [-0.4, -0.2) is 27.9 Å². The van der Waals surface area contributed by atoms with Crippen LogP contribution in [0.5, 0.6) is 0 Å². The number of hydrogen-bond acceptors (Lipinski definition) is 9. The standard InChI is InChI=1S/C30H17ClN4O4S3/c1-15-6-7-16(12-21(15)31)32-29-34-26(36)24(40-29)14-18-9-11-25(39-18)42-30-33-22-10-8-17(13-23(22)41-30)35-27(37)19-4-2-3-5-20(19)28(35)38/h2-14H,1H3,(H,32,34,36)/b24-14-.